The lowest BCUT2D eigenvalue weighted by Gasteiger charge is -2.14. The molecule has 182 valence electrons. The van der Waals surface area contributed by atoms with Crippen molar-refractivity contribution in [2.75, 3.05) is 5.32 Å². The first-order valence-corrected chi connectivity index (χ1v) is 12.2. The molecule has 1 aliphatic rings. The quantitative estimate of drug-likeness (QED) is 0.373. The highest BCUT2D eigenvalue weighted by Crippen LogP contribution is 2.38. The number of carbonyl (C=O) groups excluding carboxylic acids is 1. The van der Waals surface area contributed by atoms with Crippen molar-refractivity contribution in [1.82, 2.24) is 24.3 Å². The van der Waals surface area contributed by atoms with Crippen molar-refractivity contribution >= 4 is 33.5 Å². The normalized spacial score (nSPS) is 13.5. The van der Waals surface area contributed by atoms with Gasteiger partial charge in [0, 0.05) is 17.0 Å². The van der Waals surface area contributed by atoms with E-state index in [1.54, 1.807) is 4.57 Å². The molecule has 0 spiro atoms. The van der Waals surface area contributed by atoms with Crippen LogP contribution in [0.2, 0.25) is 0 Å². The molecule has 5 aromatic rings. The summed E-state index contributed by atoms with van der Waals surface area (Å²) in [6.45, 7) is 4.14. The molecule has 1 aliphatic carbocycles. The highest BCUT2D eigenvalue weighted by Gasteiger charge is 2.29. The number of benzene rings is 2. The molecule has 0 saturated heterocycles. The van der Waals surface area contributed by atoms with E-state index < -0.39 is 0 Å². The molecule has 9 nitrogen and oxygen atoms in total. The molecular weight excluding hydrogens is 456 g/mol. The van der Waals surface area contributed by atoms with Crippen LogP contribution in [0.15, 0.2) is 58.1 Å². The molecule has 0 unspecified atom stereocenters. The third-order valence-corrected chi connectivity index (χ3v) is 6.77. The number of anilines is 1. The van der Waals surface area contributed by atoms with Gasteiger partial charge in [-0.1, -0.05) is 48.5 Å². The maximum Gasteiger partial charge on any atom is 0.278 e. The van der Waals surface area contributed by atoms with Crippen LogP contribution in [0.25, 0.3) is 21.9 Å². The van der Waals surface area contributed by atoms with Crippen molar-refractivity contribution in [1.29, 1.82) is 0 Å². The Kier molecular flexibility index (Phi) is 5.40. The summed E-state index contributed by atoms with van der Waals surface area (Å²) in [5.41, 5.74) is 4.34. The molecular formula is C27H26N6O3. The number of fused-ring (bicyclic) bond motifs is 3. The average Bonchev–Trinajstić information content (AvgIpc) is 3.55. The van der Waals surface area contributed by atoms with Crippen LogP contribution < -0.4 is 10.9 Å². The summed E-state index contributed by atoms with van der Waals surface area (Å²) in [6.07, 6.45) is 4.44. The fourth-order valence-corrected chi connectivity index (χ4v) is 4.74. The predicted molar refractivity (Wildman–Crippen MR) is 136 cm³/mol. The third-order valence-electron chi connectivity index (χ3n) is 6.77. The Hall–Kier alpha value is -4.27. The van der Waals surface area contributed by atoms with Crippen LogP contribution in [0.1, 0.15) is 48.5 Å². The SMILES string of the molecule is CCc1cccc(C)c1NC(=O)Cn1c2ccccc2c2ncn(Cc3nc(C4CC4)no3)c(=O)c21. The van der Waals surface area contributed by atoms with Crippen LogP contribution in [0.3, 0.4) is 0 Å². The van der Waals surface area contributed by atoms with E-state index in [1.165, 1.54) is 10.9 Å². The van der Waals surface area contributed by atoms with E-state index in [2.05, 4.69) is 27.4 Å². The van der Waals surface area contributed by atoms with Crippen molar-refractivity contribution in [2.24, 2.45) is 0 Å². The first-order valence-electron chi connectivity index (χ1n) is 12.2. The molecule has 3 heterocycles. The third kappa shape index (κ3) is 3.86. The second-order valence-electron chi connectivity index (χ2n) is 9.31. The molecule has 0 aliphatic heterocycles. The largest absolute Gasteiger partial charge is 0.337 e. The fourth-order valence-electron chi connectivity index (χ4n) is 4.74. The predicted octanol–water partition coefficient (Wildman–Crippen LogP) is 4.17. The number of hydrogen-bond donors (Lipinski definition) is 1. The number of carbonyl (C=O) groups is 1. The summed E-state index contributed by atoms with van der Waals surface area (Å²) >= 11 is 0. The second-order valence-corrected chi connectivity index (χ2v) is 9.31. The molecule has 2 aromatic carbocycles. The highest BCUT2D eigenvalue weighted by atomic mass is 16.5. The molecule has 36 heavy (non-hydrogen) atoms. The van der Waals surface area contributed by atoms with E-state index in [1.807, 2.05) is 49.4 Å². The lowest BCUT2D eigenvalue weighted by Crippen LogP contribution is -2.26. The zero-order valence-corrected chi connectivity index (χ0v) is 20.2. The van der Waals surface area contributed by atoms with Gasteiger partial charge in [0.25, 0.3) is 5.56 Å². The van der Waals surface area contributed by atoms with Crippen molar-refractivity contribution in [2.45, 2.75) is 52.1 Å². The van der Waals surface area contributed by atoms with Gasteiger partial charge in [0.1, 0.15) is 24.1 Å². The highest BCUT2D eigenvalue weighted by molar-refractivity contribution is 6.06. The molecule has 1 saturated carbocycles. The molecule has 0 radical (unpaired) electrons. The number of nitrogens with one attached hydrogen (secondary N) is 1. The Morgan fingerprint density at radius 1 is 1.17 bits per heavy atom. The van der Waals surface area contributed by atoms with Gasteiger partial charge < -0.3 is 14.4 Å². The van der Waals surface area contributed by atoms with Gasteiger partial charge in [-0.05, 0) is 43.4 Å². The van der Waals surface area contributed by atoms with Gasteiger partial charge in [0.2, 0.25) is 11.8 Å². The number of para-hydroxylation sites is 2. The summed E-state index contributed by atoms with van der Waals surface area (Å²) < 4.78 is 8.57. The Balaban J connectivity index is 1.39. The summed E-state index contributed by atoms with van der Waals surface area (Å²) in [4.78, 5) is 35.9. The van der Waals surface area contributed by atoms with Crippen LogP contribution in [0.4, 0.5) is 5.69 Å². The number of aromatic nitrogens is 5. The second kappa shape index (κ2) is 8.75. The van der Waals surface area contributed by atoms with Crippen molar-refractivity contribution in [3.8, 4) is 0 Å². The Bertz CT molecular complexity index is 1670. The van der Waals surface area contributed by atoms with Crippen molar-refractivity contribution in [3.63, 3.8) is 0 Å². The van der Waals surface area contributed by atoms with Gasteiger partial charge in [-0.3, -0.25) is 14.2 Å². The van der Waals surface area contributed by atoms with Gasteiger partial charge in [-0.2, -0.15) is 4.98 Å². The molecule has 6 rings (SSSR count). The van der Waals surface area contributed by atoms with E-state index in [0.717, 1.165) is 47.0 Å². The lowest BCUT2D eigenvalue weighted by molar-refractivity contribution is -0.116. The van der Waals surface area contributed by atoms with Gasteiger partial charge in [0.05, 0.1) is 11.8 Å². The van der Waals surface area contributed by atoms with Crippen LogP contribution in [-0.2, 0) is 24.3 Å². The number of aryl methyl sites for hydroxylation is 2. The zero-order chi connectivity index (χ0) is 24.8. The number of amides is 1. The van der Waals surface area contributed by atoms with Gasteiger partial charge >= 0.3 is 0 Å². The minimum Gasteiger partial charge on any atom is -0.337 e. The summed E-state index contributed by atoms with van der Waals surface area (Å²) in [6, 6.07) is 13.6. The molecule has 9 heteroatoms. The van der Waals surface area contributed by atoms with Gasteiger partial charge in [0.15, 0.2) is 5.82 Å². The van der Waals surface area contributed by atoms with Gasteiger partial charge in [-0.15, -0.1) is 0 Å². The van der Waals surface area contributed by atoms with Crippen LogP contribution >= 0.6 is 0 Å². The van der Waals surface area contributed by atoms with E-state index in [-0.39, 0.29) is 24.6 Å². The maximum absolute atomic E-state index is 13.7. The number of rotatable bonds is 7. The molecule has 1 N–H and O–H groups in total. The Morgan fingerprint density at radius 2 is 2.00 bits per heavy atom. The smallest absolute Gasteiger partial charge is 0.278 e. The Morgan fingerprint density at radius 3 is 2.81 bits per heavy atom. The first-order chi connectivity index (χ1) is 17.5. The number of hydrogen-bond acceptors (Lipinski definition) is 6. The summed E-state index contributed by atoms with van der Waals surface area (Å²) in [7, 11) is 0. The van der Waals surface area contributed by atoms with E-state index in [9.17, 15) is 9.59 Å². The topological polar surface area (TPSA) is 108 Å². The van der Waals surface area contributed by atoms with E-state index >= 15 is 0 Å². The molecule has 0 bridgehead atoms. The summed E-state index contributed by atoms with van der Waals surface area (Å²) in [5.74, 6) is 1.22. The zero-order valence-electron chi connectivity index (χ0n) is 20.2. The van der Waals surface area contributed by atoms with Gasteiger partial charge in [-0.25, -0.2) is 4.98 Å². The van der Waals surface area contributed by atoms with Crippen LogP contribution in [0.5, 0.6) is 0 Å². The lowest BCUT2D eigenvalue weighted by atomic mass is 10.1. The minimum absolute atomic E-state index is 0.0190. The monoisotopic (exact) mass is 482 g/mol. The van der Waals surface area contributed by atoms with Crippen molar-refractivity contribution in [3.05, 3.63) is 82.0 Å². The number of nitrogens with zero attached hydrogens (tertiary/aromatic N) is 5. The van der Waals surface area contributed by atoms with Crippen LogP contribution in [-0.4, -0.2) is 30.2 Å². The fraction of sp³-hybridized carbons (Fsp3) is 0.296. The van der Waals surface area contributed by atoms with Crippen LogP contribution in [0, 0.1) is 6.92 Å². The first kappa shape index (κ1) is 22.2. The summed E-state index contributed by atoms with van der Waals surface area (Å²) in [5, 5.41) is 7.93. The van der Waals surface area contributed by atoms with Crippen molar-refractivity contribution < 1.29 is 9.32 Å². The Labute approximate surface area is 206 Å². The maximum atomic E-state index is 13.7. The molecule has 3 aromatic heterocycles. The standard InChI is InChI=1S/C27H26N6O3/c1-3-17-8-6-7-16(2)23(17)29-21(34)13-33-20-10-5-4-9-19(20)24-25(33)27(35)32(15-28-24)14-22-30-26(31-36-22)18-11-12-18/h4-10,15,18H,3,11-14H2,1-2H3,(H,29,34). The minimum atomic E-state index is -0.264. The average molecular weight is 483 g/mol. The van der Waals surface area contributed by atoms with E-state index in [4.69, 9.17) is 4.52 Å². The molecule has 1 fully saturated rings. The van der Waals surface area contributed by atoms with E-state index in [0.29, 0.717) is 28.7 Å². The molecule has 0 atom stereocenters. The molecule has 1 amide bonds.